The Morgan fingerprint density at radius 1 is 1.19 bits per heavy atom. The van der Waals surface area contributed by atoms with Crippen LogP contribution >= 0.6 is 0 Å². The molecule has 2 N–H and O–H groups in total. The quantitative estimate of drug-likeness (QED) is 0.465. The van der Waals surface area contributed by atoms with Crippen molar-refractivity contribution in [1.29, 1.82) is 0 Å². The fraction of sp³-hybridized carbons (Fsp3) is 0.542. The summed E-state index contributed by atoms with van der Waals surface area (Å²) in [4.78, 5) is 39.5. The van der Waals surface area contributed by atoms with E-state index in [2.05, 4.69) is 23.5 Å². The fourth-order valence-electron chi connectivity index (χ4n) is 3.05. The maximum Gasteiger partial charge on any atom is 0.408 e. The number of terminal acetylenes is 1. The smallest absolute Gasteiger partial charge is 0.408 e. The maximum atomic E-state index is 13.1. The molecule has 0 spiro atoms. The Kier molecular flexibility index (Phi) is 10.1. The molecule has 0 bridgehead atoms. The number of nitrogens with one attached hydrogen (secondary N) is 2. The second-order valence-corrected chi connectivity index (χ2v) is 8.45. The lowest BCUT2D eigenvalue weighted by Gasteiger charge is -2.31. The summed E-state index contributed by atoms with van der Waals surface area (Å²) in [6, 6.07) is 5.20. The molecule has 1 rings (SSSR count). The van der Waals surface area contributed by atoms with Crippen LogP contribution in [0.25, 0.3) is 0 Å². The number of hydrogen-bond donors (Lipinski definition) is 2. The average Bonchev–Trinajstić information content (AvgIpc) is 2.69. The third-order valence-corrected chi connectivity index (χ3v) is 4.58. The van der Waals surface area contributed by atoms with Crippen molar-refractivity contribution in [2.24, 2.45) is 0 Å². The normalized spacial score (nSPS) is 12.8. The molecule has 2 unspecified atom stereocenters. The largest absolute Gasteiger partial charge is 0.444 e. The molecule has 7 heteroatoms. The van der Waals surface area contributed by atoms with E-state index < -0.39 is 29.7 Å². The summed E-state index contributed by atoms with van der Waals surface area (Å²) in [6.45, 7) is 9.35. The van der Waals surface area contributed by atoms with Crippen LogP contribution in [0.5, 0.6) is 0 Å². The number of rotatable bonds is 9. The standard InChI is InChI=1S/C24H35N3O4/c1-8-10-13-16-25-21(28)20(19-15-12-11-14-18(19)9-2)27(7)22(29)17(3)26-23(30)31-24(4,5)6/h2,11-12,14-15,17,20H,8,10,13,16H2,1,3-7H3,(H,25,28)(H,26,30). The minimum absolute atomic E-state index is 0.320. The van der Waals surface area contributed by atoms with Gasteiger partial charge in [0, 0.05) is 19.2 Å². The van der Waals surface area contributed by atoms with Crippen molar-refractivity contribution in [2.75, 3.05) is 13.6 Å². The molecule has 3 amide bonds. The van der Waals surface area contributed by atoms with Crippen LogP contribution in [0.15, 0.2) is 24.3 Å². The summed E-state index contributed by atoms with van der Waals surface area (Å²) in [5, 5.41) is 5.43. The molecule has 0 saturated carbocycles. The summed E-state index contributed by atoms with van der Waals surface area (Å²) in [5.74, 6) is 1.82. The molecule has 0 fully saturated rings. The first-order chi connectivity index (χ1) is 14.5. The number of carbonyl (C=O) groups excluding carboxylic acids is 3. The molecule has 0 aliphatic heterocycles. The zero-order valence-electron chi connectivity index (χ0n) is 19.5. The van der Waals surface area contributed by atoms with Gasteiger partial charge in [0.1, 0.15) is 17.7 Å². The summed E-state index contributed by atoms with van der Waals surface area (Å²) in [5.41, 5.74) is 0.396. The first-order valence-electron chi connectivity index (χ1n) is 10.6. The minimum atomic E-state index is -0.927. The molecular weight excluding hydrogens is 394 g/mol. The fourth-order valence-corrected chi connectivity index (χ4v) is 3.05. The highest BCUT2D eigenvalue weighted by Gasteiger charge is 2.33. The molecule has 0 radical (unpaired) electrons. The Bertz CT molecular complexity index is 808. The van der Waals surface area contributed by atoms with Crippen LogP contribution in [-0.2, 0) is 14.3 Å². The van der Waals surface area contributed by atoms with Gasteiger partial charge in [0.05, 0.1) is 0 Å². The molecular formula is C24H35N3O4. The number of amides is 3. The van der Waals surface area contributed by atoms with Gasteiger partial charge in [-0.25, -0.2) is 4.79 Å². The van der Waals surface area contributed by atoms with Gasteiger partial charge < -0.3 is 20.3 Å². The van der Waals surface area contributed by atoms with Crippen LogP contribution in [0.4, 0.5) is 4.79 Å². The molecule has 31 heavy (non-hydrogen) atoms. The lowest BCUT2D eigenvalue weighted by Crippen LogP contribution is -2.50. The summed E-state index contributed by atoms with van der Waals surface area (Å²) in [7, 11) is 1.53. The molecule has 0 aliphatic rings. The third kappa shape index (κ3) is 8.33. The van der Waals surface area contributed by atoms with Crippen LogP contribution in [0.1, 0.15) is 71.0 Å². The summed E-state index contributed by atoms with van der Waals surface area (Å²) >= 11 is 0. The Morgan fingerprint density at radius 3 is 2.42 bits per heavy atom. The minimum Gasteiger partial charge on any atom is -0.444 e. The lowest BCUT2D eigenvalue weighted by molar-refractivity contribution is -0.140. The van der Waals surface area contributed by atoms with E-state index in [1.807, 2.05) is 0 Å². The van der Waals surface area contributed by atoms with E-state index in [9.17, 15) is 14.4 Å². The molecule has 2 atom stereocenters. The zero-order valence-corrected chi connectivity index (χ0v) is 19.5. The molecule has 1 aromatic rings. The van der Waals surface area contributed by atoms with Crippen molar-refractivity contribution in [1.82, 2.24) is 15.5 Å². The van der Waals surface area contributed by atoms with Crippen molar-refractivity contribution in [2.45, 2.75) is 71.6 Å². The first-order valence-corrected chi connectivity index (χ1v) is 10.6. The van der Waals surface area contributed by atoms with Crippen LogP contribution in [0, 0.1) is 12.3 Å². The number of unbranched alkanes of at least 4 members (excludes halogenated alkanes) is 2. The van der Waals surface area contributed by atoms with E-state index in [4.69, 9.17) is 11.2 Å². The molecule has 0 heterocycles. The Balaban J connectivity index is 3.08. The number of nitrogens with zero attached hydrogens (tertiary/aromatic N) is 1. The topological polar surface area (TPSA) is 87.7 Å². The number of likely N-dealkylation sites (N-methyl/N-ethyl adjacent to an activating group) is 1. The Hall–Kier alpha value is -3.01. The Labute approximate surface area is 185 Å². The maximum absolute atomic E-state index is 13.1. The van der Waals surface area contributed by atoms with Gasteiger partial charge in [-0.2, -0.15) is 0 Å². The van der Waals surface area contributed by atoms with Gasteiger partial charge in [-0.15, -0.1) is 6.42 Å². The highest BCUT2D eigenvalue weighted by Crippen LogP contribution is 2.24. The molecule has 170 valence electrons. The number of alkyl carbamates (subject to hydrolysis) is 1. The van der Waals surface area contributed by atoms with Crippen LogP contribution in [0.2, 0.25) is 0 Å². The van der Waals surface area contributed by atoms with Crippen molar-refractivity contribution in [3.8, 4) is 12.3 Å². The predicted molar refractivity (Wildman–Crippen MR) is 121 cm³/mol. The van der Waals surface area contributed by atoms with E-state index in [-0.39, 0.29) is 5.91 Å². The van der Waals surface area contributed by atoms with Crippen molar-refractivity contribution >= 4 is 17.9 Å². The first kappa shape index (κ1) is 26.0. The highest BCUT2D eigenvalue weighted by atomic mass is 16.6. The Morgan fingerprint density at radius 2 is 1.84 bits per heavy atom. The zero-order chi connectivity index (χ0) is 23.6. The number of ether oxygens (including phenoxy) is 1. The van der Waals surface area contributed by atoms with Crippen molar-refractivity contribution in [3.63, 3.8) is 0 Å². The third-order valence-electron chi connectivity index (χ3n) is 4.58. The van der Waals surface area contributed by atoms with Crippen LogP contribution < -0.4 is 10.6 Å². The lowest BCUT2D eigenvalue weighted by atomic mass is 9.98. The van der Waals surface area contributed by atoms with E-state index in [0.29, 0.717) is 17.7 Å². The van der Waals surface area contributed by atoms with Gasteiger partial charge in [0.2, 0.25) is 11.8 Å². The highest BCUT2D eigenvalue weighted by molar-refractivity contribution is 5.92. The van der Waals surface area contributed by atoms with Gasteiger partial charge in [-0.1, -0.05) is 43.9 Å². The van der Waals surface area contributed by atoms with E-state index in [1.165, 1.54) is 11.9 Å². The van der Waals surface area contributed by atoms with E-state index in [0.717, 1.165) is 19.3 Å². The number of carbonyl (C=O) groups is 3. The SMILES string of the molecule is C#Cc1ccccc1C(C(=O)NCCCCC)N(C)C(=O)C(C)NC(=O)OC(C)(C)C. The van der Waals surface area contributed by atoms with E-state index in [1.54, 1.807) is 52.0 Å². The van der Waals surface area contributed by atoms with Gasteiger partial charge in [0.25, 0.3) is 0 Å². The van der Waals surface area contributed by atoms with Crippen LogP contribution in [-0.4, -0.2) is 48.0 Å². The molecule has 0 aliphatic carbocycles. The molecule has 1 aromatic carbocycles. The van der Waals surface area contributed by atoms with Gasteiger partial charge in [-0.3, -0.25) is 9.59 Å². The van der Waals surface area contributed by atoms with E-state index >= 15 is 0 Å². The molecule has 0 saturated heterocycles. The molecule has 7 nitrogen and oxygen atoms in total. The average molecular weight is 430 g/mol. The van der Waals surface area contributed by atoms with Gasteiger partial charge >= 0.3 is 6.09 Å². The predicted octanol–water partition coefficient (Wildman–Crippen LogP) is 3.39. The van der Waals surface area contributed by atoms with Gasteiger partial charge in [0.15, 0.2) is 0 Å². The van der Waals surface area contributed by atoms with Crippen molar-refractivity contribution < 1.29 is 19.1 Å². The van der Waals surface area contributed by atoms with Crippen molar-refractivity contribution in [3.05, 3.63) is 35.4 Å². The summed E-state index contributed by atoms with van der Waals surface area (Å²) < 4.78 is 5.22. The summed E-state index contributed by atoms with van der Waals surface area (Å²) in [6.07, 6.45) is 7.81. The second-order valence-electron chi connectivity index (χ2n) is 8.45. The number of benzene rings is 1. The number of hydrogen-bond acceptors (Lipinski definition) is 4. The van der Waals surface area contributed by atoms with Crippen LogP contribution in [0.3, 0.4) is 0 Å². The second kappa shape index (κ2) is 12.0. The monoisotopic (exact) mass is 429 g/mol. The van der Waals surface area contributed by atoms with Gasteiger partial charge in [-0.05, 0) is 45.7 Å². The molecule has 0 aromatic heterocycles.